The average molecular weight is 217 g/mol. The Hall–Kier alpha value is -2.43. The van der Waals surface area contributed by atoms with E-state index < -0.39 is 5.97 Å². The lowest BCUT2D eigenvalue weighted by Gasteiger charge is -1.91. The van der Waals surface area contributed by atoms with E-state index in [4.69, 9.17) is 9.52 Å². The Balaban J connectivity index is 2.38. The van der Waals surface area contributed by atoms with Crippen molar-refractivity contribution >= 4 is 28.0 Å². The molecule has 0 saturated heterocycles. The number of aromatic hydroxyl groups is 1. The number of phenolic OH excluding ortho intramolecular Hbond substituents is 1. The molecule has 2 heterocycles. The van der Waals surface area contributed by atoms with Gasteiger partial charge < -0.3 is 19.6 Å². The summed E-state index contributed by atoms with van der Waals surface area (Å²) in [5.74, 6) is -0.916. The summed E-state index contributed by atoms with van der Waals surface area (Å²) in [6.07, 6.45) is 0. The van der Waals surface area contributed by atoms with Gasteiger partial charge in [-0.2, -0.15) is 0 Å². The largest absolute Gasteiger partial charge is 0.508 e. The molecule has 0 radical (unpaired) electrons. The van der Waals surface area contributed by atoms with Gasteiger partial charge in [0, 0.05) is 17.5 Å². The van der Waals surface area contributed by atoms with Crippen molar-refractivity contribution in [3.05, 3.63) is 30.0 Å². The zero-order valence-electron chi connectivity index (χ0n) is 8.02. The molecule has 2 aromatic heterocycles. The summed E-state index contributed by atoms with van der Waals surface area (Å²) in [7, 11) is 0. The van der Waals surface area contributed by atoms with E-state index in [9.17, 15) is 9.90 Å². The first-order chi connectivity index (χ1) is 7.65. The van der Waals surface area contributed by atoms with Gasteiger partial charge >= 0.3 is 5.97 Å². The van der Waals surface area contributed by atoms with E-state index in [-0.39, 0.29) is 11.4 Å². The fourth-order valence-electron chi connectivity index (χ4n) is 1.75. The third kappa shape index (κ3) is 1.08. The molecular weight excluding hydrogens is 210 g/mol. The number of hydrogen-bond donors (Lipinski definition) is 3. The van der Waals surface area contributed by atoms with Crippen molar-refractivity contribution < 1.29 is 19.4 Å². The lowest BCUT2D eigenvalue weighted by atomic mass is 10.2. The summed E-state index contributed by atoms with van der Waals surface area (Å²) in [6, 6.07) is 6.12. The van der Waals surface area contributed by atoms with Crippen molar-refractivity contribution in [3.63, 3.8) is 0 Å². The van der Waals surface area contributed by atoms with Gasteiger partial charge in [0.2, 0.25) is 0 Å². The summed E-state index contributed by atoms with van der Waals surface area (Å²) in [4.78, 5) is 13.5. The Morgan fingerprint density at radius 3 is 2.81 bits per heavy atom. The lowest BCUT2D eigenvalue weighted by molar-refractivity contribution is 0.0691. The highest BCUT2D eigenvalue weighted by atomic mass is 16.4. The van der Waals surface area contributed by atoms with Crippen LogP contribution in [0.1, 0.15) is 10.5 Å². The molecular formula is C11H7NO4. The van der Waals surface area contributed by atoms with Gasteiger partial charge in [-0.15, -0.1) is 0 Å². The van der Waals surface area contributed by atoms with Gasteiger partial charge in [0.25, 0.3) is 0 Å². The molecule has 0 aliphatic rings. The second-order valence-corrected chi connectivity index (χ2v) is 3.51. The average Bonchev–Trinajstić information content (AvgIpc) is 2.73. The number of aromatic carboxylic acids is 1. The third-order valence-electron chi connectivity index (χ3n) is 2.47. The van der Waals surface area contributed by atoms with Gasteiger partial charge in [0.15, 0.2) is 5.58 Å². The Labute approximate surface area is 88.9 Å². The molecule has 0 aliphatic heterocycles. The molecule has 1 aromatic carbocycles. The van der Waals surface area contributed by atoms with Crippen LogP contribution in [0.3, 0.4) is 0 Å². The SMILES string of the molecule is O=C(O)c1cc2oc3cc(O)ccc3c2[nH]1. The number of furan rings is 1. The Bertz CT molecular complexity index is 707. The van der Waals surface area contributed by atoms with Crippen molar-refractivity contribution in [1.29, 1.82) is 0 Å². The maximum absolute atomic E-state index is 10.7. The number of fused-ring (bicyclic) bond motifs is 3. The highest BCUT2D eigenvalue weighted by Gasteiger charge is 2.13. The van der Waals surface area contributed by atoms with Crippen LogP contribution in [0.5, 0.6) is 5.75 Å². The minimum atomic E-state index is -1.03. The number of carboxylic acids is 1. The van der Waals surface area contributed by atoms with Crippen LogP contribution >= 0.6 is 0 Å². The normalized spacial score (nSPS) is 11.2. The number of H-pyrrole nitrogens is 1. The fraction of sp³-hybridized carbons (Fsp3) is 0. The number of benzene rings is 1. The minimum absolute atomic E-state index is 0.0868. The molecule has 5 heteroatoms. The maximum atomic E-state index is 10.7. The van der Waals surface area contributed by atoms with Crippen LogP contribution in [0.25, 0.3) is 22.1 Å². The first-order valence-electron chi connectivity index (χ1n) is 4.62. The number of carboxylic acid groups (broad SMARTS) is 1. The van der Waals surface area contributed by atoms with Gasteiger partial charge in [-0.25, -0.2) is 4.79 Å². The number of phenols is 1. The highest BCUT2D eigenvalue weighted by Crippen LogP contribution is 2.30. The van der Waals surface area contributed by atoms with Crippen molar-refractivity contribution in [3.8, 4) is 5.75 Å². The van der Waals surface area contributed by atoms with Crippen LogP contribution in [0.2, 0.25) is 0 Å². The fourth-order valence-corrected chi connectivity index (χ4v) is 1.75. The molecule has 0 atom stereocenters. The highest BCUT2D eigenvalue weighted by molar-refractivity contribution is 6.05. The zero-order chi connectivity index (χ0) is 11.3. The Morgan fingerprint density at radius 2 is 2.06 bits per heavy atom. The summed E-state index contributed by atoms with van der Waals surface area (Å²) in [6.45, 7) is 0. The quantitative estimate of drug-likeness (QED) is 0.583. The maximum Gasteiger partial charge on any atom is 0.352 e. The first-order valence-corrected chi connectivity index (χ1v) is 4.62. The second-order valence-electron chi connectivity index (χ2n) is 3.51. The van der Waals surface area contributed by atoms with Crippen molar-refractivity contribution in [2.75, 3.05) is 0 Å². The topological polar surface area (TPSA) is 86.5 Å². The number of aromatic nitrogens is 1. The molecule has 3 N–H and O–H groups in total. The van der Waals surface area contributed by atoms with E-state index in [1.807, 2.05) is 0 Å². The molecule has 0 saturated carbocycles. The molecule has 0 aliphatic carbocycles. The van der Waals surface area contributed by atoms with Crippen molar-refractivity contribution in [1.82, 2.24) is 4.98 Å². The molecule has 3 aromatic rings. The smallest absolute Gasteiger partial charge is 0.352 e. The first kappa shape index (κ1) is 8.84. The van der Waals surface area contributed by atoms with Gasteiger partial charge in [0.05, 0.1) is 5.52 Å². The number of carbonyl (C=O) groups is 1. The Kier molecular flexibility index (Phi) is 1.54. The second kappa shape index (κ2) is 2.79. The lowest BCUT2D eigenvalue weighted by Crippen LogP contribution is -1.94. The van der Waals surface area contributed by atoms with Gasteiger partial charge in [-0.3, -0.25) is 0 Å². The van der Waals surface area contributed by atoms with Crippen LogP contribution in [0.4, 0.5) is 0 Å². The predicted octanol–water partition coefficient (Wildman–Crippen LogP) is 2.32. The van der Waals surface area contributed by atoms with Crippen LogP contribution in [-0.2, 0) is 0 Å². The van der Waals surface area contributed by atoms with Gasteiger partial charge in [0.1, 0.15) is 17.0 Å². The zero-order valence-corrected chi connectivity index (χ0v) is 8.02. The van der Waals surface area contributed by atoms with E-state index in [1.54, 1.807) is 6.07 Å². The number of hydrogen-bond acceptors (Lipinski definition) is 3. The molecule has 5 nitrogen and oxygen atoms in total. The third-order valence-corrected chi connectivity index (χ3v) is 2.47. The predicted molar refractivity (Wildman–Crippen MR) is 56.7 cm³/mol. The van der Waals surface area contributed by atoms with Crippen molar-refractivity contribution in [2.45, 2.75) is 0 Å². The van der Waals surface area contributed by atoms with Gasteiger partial charge in [-0.1, -0.05) is 0 Å². The monoisotopic (exact) mass is 217 g/mol. The molecule has 16 heavy (non-hydrogen) atoms. The van der Waals surface area contributed by atoms with Gasteiger partial charge in [-0.05, 0) is 12.1 Å². The van der Waals surface area contributed by atoms with Crippen molar-refractivity contribution in [2.24, 2.45) is 0 Å². The molecule has 80 valence electrons. The van der Waals surface area contributed by atoms with Crippen LogP contribution in [-0.4, -0.2) is 21.2 Å². The summed E-state index contributed by atoms with van der Waals surface area (Å²) in [5.41, 5.74) is 1.72. The standard InChI is InChI=1S/C11H7NO4/c13-5-1-2-6-8(3-5)16-9-4-7(11(14)15)12-10(6)9/h1-4,12-13H,(H,14,15). The van der Waals surface area contributed by atoms with Crippen LogP contribution < -0.4 is 0 Å². The summed E-state index contributed by atoms with van der Waals surface area (Å²) >= 11 is 0. The van der Waals surface area contributed by atoms with Crippen LogP contribution in [0, 0.1) is 0 Å². The molecule has 0 fully saturated rings. The van der Waals surface area contributed by atoms with Crippen LogP contribution in [0.15, 0.2) is 28.7 Å². The minimum Gasteiger partial charge on any atom is -0.508 e. The number of rotatable bonds is 1. The van der Waals surface area contributed by atoms with E-state index in [0.29, 0.717) is 16.7 Å². The van der Waals surface area contributed by atoms with E-state index in [2.05, 4.69) is 4.98 Å². The molecule has 0 amide bonds. The Morgan fingerprint density at radius 1 is 1.25 bits per heavy atom. The summed E-state index contributed by atoms with van der Waals surface area (Å²) in [5, 5.41) is 18.8. The van der Waals surface area contributed by atoms with E-state index in [1.165, 1.54) is 18.2 Å². The molecule has 0 bridgehead atoms. The summed E-state index contributed by atoms with van der Waals surface area (Å²) < 4.78 is 5.41. The van der Waals surface area contributed by atoms with E-state index in [0.717, 1.165) is 5.39 Å². The molecule has 0 spiro atoms. The molecule has 0 unspecified atom stereocenters. The number of nitrogens with one attached hydrogen (secondary N) is 1. The van der Waals surface area contributed by atoms with E-state index >= 15 is 0 Å². The molecule has 3 rings (SSSR count). The number of aromatic amines is 1.